The molecule has 2 rings (SSSR count). The third-order valence-electron chi connectivity index (χ3n) is 4.16. The number of benzene rings is 2. The summed E-state index contributed by atoms with van der Waals surface area (Å²) in [7, 11) is 1.67. The van der Waals surface area contributed by atoms with Crippen LogP contribution in [0.15, 0.2) is 42.5 Å². The zero-order chi connectivity index (χ0) is 17.1. The zero-order valence-corrected chi connectivity index (χ0v) is 15.9. The number of carbonyl (C=O) groups is 2. The SMILES string of the molecule is Cc1ccc(C(=O)C(C)N(C)C(=O)c2ccc(I)cc2)cc1C. The maximum atomic E-state index is 12.6. The number of halogens is 1. The van der Waals surface area contributed by atoms with Crippen LogP contribution in [0.2, 0.25) is 0 Å². The highest BCUT2D eigenvalue weighted by molar-refractivity contribution is 14.1. The molecule has 0 aliphatic heterocycles. The molecule has 0 N–H and O–H groups in total. The smallest absolute Gasteiger partial charge is 0.254 e. The number of Topliss-reactive ketones (excluding diaryl/α,β-unsaturated/α-hetero) is 1. The summed E-state index contributed by atoms with van der Waals surface area (Å²) in [5.41, 5.74) is 3.46. The molecule has 0 aliphatic rings. The van der Waals surface area contributed by atoms with Crippen molar-refractivity contribution in [1.29, 1.82) is 0 Å². The lowest BCUT2D eigenvalue weighted by Gasteiger charge is -2.24. The van der Waals surface area contributed by atoms with E-state index in [1.807, 2.05) is 44.2 Å². The van der Waals surface area contributed by atoms with Gasteiger partial charge in [0.2, 0.25) is 0 Å². The molecule has 0 aliphatic carbocycles. The molecule has 0 aromatic heterocycles. The molecule has 4 heteroatoms. The molecule has 3 nitrogen and oxygen atoms in total. The lowest BCUT2D eigenvalue weighted by atomic mass is 9.99. The van der Waals surface area contributed by atoms with E-state index in [2.05, 4.69) is 22.6 Å². The number of carbonyl (C=O) groups excluding carboxylic acids is 2. The Hall–Kier alpha value is -1.69. The van der Waals surface area contributed by atoms with Crippen LogP contribution >= 0.6 is 22.6 Å². The second-order valence-corrected chi connectivity index (χ2v) is 7.01. The number of rotatable bonds is 4. The average Bonchev–Trinajstić information content (AvgIpc) is 2.55. The lowest BCUT2D eigenvalue weighted by Crippen LogP contribution is -2.40. The van der Waals surface area contributed by atoms with Crippen LogP contribution in [-0.4, -0.2) is 29.7 Å². The van der Waals surface area contributed by atoms with Crippen LogP contribution in [0.1, 0.15) is 38.8 Å². The fraction of sp³-hybridized carbons (Fsp3) is 0.263. The van der Waals surface area contributed by atoms with Crippen molar-refractivity contribution in [1.82, 2.24) is 4.90 Å². The molecule has 2 aromatic carbocycles. The normalized spacial score (nSPS) is 11.9. The summed E-state index contributed by atoms with van der Waals surface area (Å²) >= 11 is 2.20. The fourth-order valence-electron chi connectivity index (χ4n) is 2.28. The lowest BCUT2D eigenvalue weighted by molar-refractivity contribution is 0.0675. The van der Waals surface area contributed by atoms with Crippen LogP contribution < -0.4 is 0 Å². The van der Waals surface area contributed by atoms with E-state index >= 15 is 0 Å². The highest BCUT2D eigenvalue weighted by Crippen LogP contribution is 2.16. The van der Waals surface area contributed by atoms with E-state index in [-0.39, 0.29) is 11.7 Å². The molecule has 0 saturated heterocycles. The number of ketones is 1. The van der Waals surface area contributed by atoms with Crippen molar-refractivity contribution in [2.24, 2.45) is 0 Å². The van der Waals surface area contributed by atoms with Gasteiger partial charge in [0.05, 0.1) is 6.04 Å². The van der Waals surface area contributed by atoms with E-state index in [4.69, 9.17) is 0 Å². The molecule has 2 aromatic rings. The Labute approximate surface area is 150 Å². The Morgan fingerprint density at radius 1 is 0.957 bits per heavy atom. The Kier molecular flexibility index (Phi) is 5.57. The second kappa shape index (κ2) is 7.25. The maximum absolute atomic E-state index is 12.6. The van der Waals surface area contributed by atoms with E-state index < -0.39 is 6.04 Å². The molecule has 0 spiro atoms. The van der Waals surface area contributed by atoms with Gasteiger partial charge in [-0.25, -0.2) is 0 Å². The van der Waals surface area contributed by atoms with Gasteiger partial charge >= 0.3 is 0 Å². The number of nitrogens with zero attached hydrogens (tertiary/aromatic N) is 1. The second-order valence-electron chi connectivity index (χ2n) is 5.76. The van der Waals surface area contributed by atoms with Crippen molar-refractivity contribution >= 4 is 34.3 Å². The van der Waals surface area contributed by atoms with E-state index in [0.717, 1.165) is 14.7 Å². The average molecular weight is 421 g/mol. The molecule has 0 heterocycles. The quantitative estimate of drug-likeness (QED) is 0.547. The van der Waals surface area contributed by atoms with E-state index in [9.17, 15) is 9.59 Å². The summed E-state index contributed by atoms with van der Waals surface area (Å²) in [4.78, 5) is 26.7. The van der Waals surface area contributed by atoms with Gasteiger partial charge in [0.15, 0.2) is 5.78 Å². The summed E-state index contributed by atoms with van der Waals surface area (Å²) in [6.07, 6.45) is 0. The van der Waals surface area contributed by atoms with Crippen molar-refractivity contribution in [2.45, 2.75) is 26.8 Å². The molecule has 0 fully saturated rings. The van der Waals surface area contributed by atoms with Crippen LogP contribution in [0.5, 0.6) is 0 Å². The molecule has 1 amide bonds. The van der Waals surface area contributed by atoms with Crippen LogP contribution in [0, 0.1) is 17.4 Å². The standard InChI is InChI=1S/C19H20INO2/c1-12-5-6-16(11-13(12)2)18(22)14(3)21(4)19(23)15-7-9-17(20)10-8-15/h5-11,14H,1-4H3. The van der Waals surface area contributed by atoms with Crippen molar-refractivity contribution in [2.75, 3.05) is 7.05 Å². The predicted octanol–water partition coefficient (Wildman–Crippen LogP) is 4.25. The minimum absolute atomic E-state index is 0.0468. The molecule has 23 heavy (non-hydrogen) atoms. The first kappa shape index (κ1) is 17.7. The number of amides is 1. The van der Waals surface area contributed by atoms with E-state index in [0.29, 0.717) is 11.1 Å². The number of hydrogen-bond donors (Lipinski definition) is 0. The molecule has 0 bridgehead atoms. The van der Waals surface area contributed by atoms with Crippen molar-refractivity contribution in [3.8, 4) is 0 Å². The maximum Gasteiger partial charge on any atom is 0.254 e. The molecular weight excluding hydrogens is 401 g/mol. The highest BCUT2D eigenvalue weighted by Gasteiger charge is 2.24. The molecule has 1 atom stereocenters. The molecule has 1 unspecified atom stereocenters. The number of hydrogen-bond acceptors (Lipinski definition) is 2. The van der Waals surface area contributed by atoms with Crippen molar-refractivity contribution in [3.05, 3.63) is 68.3 Å². The van der Waals surface area contributed by atoms with Crippen LogP contribution in [-0.2, 0) is 0 Å². The van der Waals surface area contributed by atoms with Crippen molar-refractivity contribution in [3.63, 3.8) is 0 Å². The van der Waals surface area contributed by atoms with Gasteiger partial charge in [-0.05, 0) is 84.8 Å². The summed E-state index contributed by atoms with van der Waals surface area (Å²) in [5.74, 6) is -0.194. The summed E-state index contributed by atoms with van der Waals surface area (Å²) < 4.78 is 1.07. The number of aryl methyl sites for hydroxylation is 2. The summed E-state index contributed by atoms with van der Waals surface area (Å²) in [5, 5.41) is 0. The topological polar surface area (TPSA) is 37.4 Å². The van der Waals surface area contributed by atoms with Crippen LogP contribution in [0.25, 0.3) is 0 Å². The van der Waals surface area contributed by atoms with E-state index in [1.165, 1.54) is 4.90 Å². The first-order valence-electron chi connectivity index (χ1n) is 7.45. The Morgan fingerprint density at radius 3 is 2.09 bits per heavy atom. The van der Waals surface area contributed by atoms with Gasteiger partial charge in [-0.2, -0.15) is 0 Å². The summed E-state index contributed by atoms with van der Waals surface area (Å²) in [6, 6.07) is 12.5. The Balaban J connectivity index is 2.19. The van der Waals surface area contributed by atoms with E-state index in [1.54, 1.807) is 26.1 Å². The van der Waals surface area contributed by atoms with Gasteiger partial charge in [-0.15, -0.1) is 0 Å². The van der Waals surface area contributed by atoms with Gasteiger partial charge in [-0.1, -0.05) is 12.1 Å². The van der Waals surface area contributed by atoms with Gasteiger partial charge in [0.25, 0.3) is 5.91 Å². The minimum atomic E-state index is -0.510. The third-order valence-corrected chi connectivity index (χ3v) is 4.88. The molecule has 120 valence electrons. The van der Waals surface area contributed by atoms with Gasteiger partial charge < -0.3 is 4.90 Å². The monoisotopic (exact) mass is 421 g/mol. The third kappa shape index (κ3) is 3.99. The minimum Gasteiger partial charge on any atom is -0.332 e. The Morgan fingerprint density at radius 2 is 1.52 bits per heavy atom. The van der Waals surface area contributed by atoms with Crippen molar-refractivity contribution < 1.29 is 9.59 Å². The predicted molar refractivity (Wildman–Crippen MR) is 101 cm³/mol. The van der Waals surface area contributed by atoms with Gasteiger partial charge in [-0.3, -0.25) is 9.59 Å². The first-order valence-corrected chi connectivity index (χ1v) is 8.53. The van der Waals surface area contributed by atoms with Gasteiger partial charge in [0.1, 0.15) is 0 Å². The highest BCUT2D eigenvalue weighted by atomic mass is 127. The summed E-state index contributed by atoms with van der Waals surface area (Å²) in [6.45, 7) is 5.76. The molecule has 0 saturated carbocycles. The largest absolute Gasteiger partial charge is 0.332 e. The fourth-order valence-corrected chi connectivity index (χ4v) is 2.64. The zero-order valence-electron chi connectivity index (χ0n) is 13.8. The molecular formula is C19H20INO2. The van der Waals surface area contributed by atoms with Crippen LogP contribution in [0.3, 0.4) is 0 Å². The number of likely N-dealkylation sites (N-methyl/N-ethyl adjacent to an activating group) is 1. The Bertz CT molecular complexity index is 738. The molecule has 0 radical (unpaired) electrons. The van der Waals surface area contributed by atoms with Crippen LogP contribution in [0.4, 0.5) is 0 Å². The first-order chi connectivity index (χ1) is 10.8. The van der Waals surface area contributed by atoms with Gasteiger partial charge in [0, 0.05) is 21.7 Å².